The standard InChI is InChI=1S/C17H18FNO4/c1-2-19-17(20)22-12-11-21-14-7-9-16(10-8-14)23-15-5-3-13(18)4-6-15/h3-10H,2,11-12H2,1H3,(H,19,20). The lowest BCUT2D eigenvalue weighted by molar-refractivity contribution is 0.125. The van der Waals surface area contributed by atoms with Crippen LogP contribution in [0.15, 0.2) is 48.5 Å². The first kappa shape index (κ1) is 16.6. The van der Waals surface area contributed by atoms with E-state index >= 15 is 0 Å². The number of hydrogen-bond acceptors (Lipinski definition) is 4. The minimum Gasteiger partial charge on any atom is -0.490 e. The Kier molecular flexibility index (Phi) is 6.23. The maximum Gasteiger partial charge on any atom is 0.407 e. The van der Waals surface area contributed by atoms with Gasteiger partial charge in [-0.1, -0.05) is 0 Å². The normalized spacial score (nSPS) is 10.0. The molecule has 2 rings (SSSR count). The third-order valence-corrected chi connectivity index (χ3v) is 2.78. The van der Waals surface area contributed by atoms with Gasteiger partial charge in [0.1, 0.15) is 36.3 Å². The fraction of sp³-hybridized carbons (Fsp3) is 0.235. The molecule has 0 unspecified atom stereocenters. The maximum atomic E-state index is 12.8. The third kappa shape index (κ3) is 5.86. The van der Waals surface area contributed by atoms with E-state index in [2.05, 4.69) is 5.32 Å². The summed E-state index contributed by atoms with van der Waals surface area (Å²) in [7, 11) is 0. The van der Waals surface area contributed by atoms with Crippen LogP contribution in [0.3, 0.4) is 0 Å². The van der Waals surface area contributed by atoms with Crippen LogP contribution in [0.1, 0.15) is 6.92 Å². The number of nitrogens with one attached hydrogen (secondary N) is 1. The molecule has 6 heteroatoms. The van der Waals surface area contributed by atoms with Crippen molar-refractivity contribution < 1.29 is 23.4 Å². The monoisotopic (exact) mass is 319 g/mol. The fourth-order valence-electron chi connectivity index (χ4n) is 1.73. The highest BCUT2D eigenvalue weighted by Crippen LogP contribution is 2.23. The summed E-state index contributed by atoms with van der Waals surface area (Å²) in [5.74, 6) is 1.49. The predicted molar refractivity (Wildman–Crippen MR) is 83.4 cm³/mol. The summed E-state index contributed by atoms with van der Waals surface area (Å²) in [6.45, 7) is 2.76. The number of amides is 1. The van der Waals surface area contributed by atoms with Gasteiger partial charge in [0.05, 0.1) is 0 Å². The third-order valence-electron chi connectivity index (χ3n) is 2.78. The highest BCUT2D eigenvalue weighted by molar-refractivity contribution is 5.66. The van der Waals surface area contributed by atoms with Gasteiger partial charge in [0, 0.05) is 6.54 Å². The molecular weight excluding hydrogens is 301 g/mol. The van der Waals surface area contributed by atoms with E-state index in [0.29, 0.717) is 23.8 Å². The summed E-state index contributed by atoms with van der Waals surface area (Å²) in [5, 5.41) is 2.52. The quantitative estimate of drug-likeness (QED) is 0.790. The molecular formula is C17H18FNO4. The zero-order valence-corrected chi connectivity index (χ0v) is 12.8. The molecule has 0 saturated heterocycles. The van der Waals surface area contributed by atoms with Crippen LogP contribution in [0.2, 0.25) is 0 Å². The molecule has 0 atom stereocenters. The molecule has 0 aliphatic rings. The number of carbonyl (C=O) groups is 1. The van der Waals surface area contributed by atoms with Crippen LogP contribution < -0.4 is 14.8 Å². The first-order chi connectivity index (χ1) is 11.2. The Morgan fingerprint density at radius 1 is 0.957 bits per heavy atom. The van der Waals surface area contributed by atoms with Gasteiger partial charge in [0.25, 0.3) is 0 Å². The Morgan fingerprint density at radius 3 is 2.13 bits per heavy atom. The second kappa shape index (κ2) is 8.63. The zero-order chi connectivity index (χ0) is 16.5. The van der Waals surface area contributed by atoms with E-state index in [0.717, 1.165) is 0 Å². The summed E-state index contributed by atoms with van der Waals surface area (Å²) in [6.07, 6.45) is -0.459. The molecule has 0 bridgehead atoms. The number of halogens is 1. The molecule has 0 aliphatic carbocycles. The SMILES string of the molecule is CCNC(=O)OCCOc1ccc(Oc2ccc(F)cc2)cc1. The highest BCUT2D eigenvalue weighted by atomic mass is 19.1. The molecule has 2 aromatic carbocycles. The largest absolute Gasteiger partial charge is 0.490 e. The van der Waals surface area contributed by atoms with Crippen molar-refractivity contribution in [3.63, 3.8) is 0 Å². The van der Waals surface area contributed by atoms with E-state index in [1.54, 1.807) is 36.4 Å². The number of rotatable bonds is 7. The van der Waals surface area contributed by atoms with Crippen LogP contribution >= 0.6 is 0 Å². The Morgan fingerprint density at radius 2 is 1.52 bits per heavy atom. The average molecular weight is 319 g/mol. The van der Waals surface area contributed by atoms with E-state index in [1.165, 1.54) is 12.1 Å². The Bertz CT molecular complexity index is 613. The minimum absolute atomic E-state index is 0.166. The van der Waals surface area contributed by atoms with E-state index in [-0.39, 0.29) is 19.0 Å². The molecule has 1 N–H and O–H groups in total. The molecule has 0 heterocycles. The van der Waals surface area contributed by atoms with Gasteiger partial charge < -0.3 is 19.5 Å². The molecule has 23 heavy (non-hydrogen) atoms. The summed E-state index contributed by atoms with van der Waals surface area (Å²) in [6, 6.07) is 12.7. The lowest BCUT2D eigenvalue weighted by Crippen LogP contribution is -2.25. The molecule has 5 nitrogen and oxygen atoms in total. The van der Waals surface area contributed by atoms with Crippen molar-refractivity contribution in [2.24, 2.45) is 0 Å². The van der Waals surface area contributed by atoms with Crippen LogP contribution in [-0.4, -0.2) is 25.9 Å². The maximum absolute atomic E-state index is 12.8. The minimum atomic E-state index is -0.459. The molecule has 0 saturated carbocycles. The Hall–Kier alpha value is -2.76. The van der Waals surface area contributed by atoms with Crippen molar-refractivity contribution in [1.82, 2.24) is 5.32 Å². The number of alkyl carbamates (subject to hydrolysis) is 1. The van der Waals surface area contributed by atoms with E-state index in [4.69, 9.17) is 14.2 Å². The predicted octanol–water partition coefficient (Wildman–Crippen LogP) is 3.74. The van der Waals surface area contributed by atoms with Gasteiger partial charge in [-0.15, -0.1) is 0 Å². The first-order valence-electron chi connectivity index (χ1n) is 7.24. The van der Waals surface area contributed by atoms with Gasteiger partial charge in [-0.2, -0.15) is 0 Å². The molecule has 122 valence electrons. The second-order valence-corrected chi connectivity index (χ2v) is 4.54. The smallest absolute Gasteiger partial charge is 0.407 e. The molecule has 1 amide bonds. The molecule has 0 radical (unpaired) electrons. The van der Waals surface area contributed by atoms with E-state index in [9.17, 15) is 9.18 Å². The number of carbonyl (C=O) groups excluding carboxylic acids is 1. The topological polar surface area (TPSA) is 56.8 Å². The average Bonchev–Trinajstić information content (AvgIpc) is 2.55. The van der Waals surface area contributed by atoms with E-state index < -0.39 is 6.09 Å². The van der Waals surface area contributed by atoms with Gasteiger partial charge in [0.2, 0.25) is 0 Å². The Labute approximate surface area is 134 Å². The van der Waals surface area contributed by atoms with Gasteiger partial charge in [0.15, 0.2) is 0 Å². The number of ether oxygens (including phenoxy) is 3. The van der Waals surface area contributed by atoms with Gasteiger partial charge >= 0.3 is 6.09 Å². The molecule has 2 aromatic rings. The lowest BCUT2D eigenvalue weighted by atomic mass is 10.3. The van der Waals surface area contributed by atoms with Gasteiger partial charge in [-0.25, -0.2) is 9.18 Å². The highest BCUT2D eigenvalue weighted by Gasteiger charge is 2.01. The van der Waals surface area contributed by atoms with Crippen molar-refractivity contribution in [3.05, 3.63) is 54.3 Å². The second-order valence-electron chi connectivity index (χ2n) is 4.54. The number of benzene rings is 2. The van der Waals surface area contributed by atoms with Gasteiger partial charge in [-0.3, -0.25) is 0 Å². The van der Waals surface area contributed by atoms with Crippen LogP contribution in [0.4, 0.5) is 9.18 Å². The summed E-state index contributed by atoms with van der Waals surface area (Å²) >= 11 is 0. The van der Waals surface area contributed by atoms with Crippen molar-refractivity contribution in [2.45, 2.75) is 6.92 Å². The van der Waals surface area contributed by atoms with Crippen molar-refractivity contribution >= 4 is 6.09 Å². The molecule has 0 spiro atoms. The summed E-state index contributed by atoms with van der Waals surface area (Å²) in [4.78, 5) is 11.1. The van der Waals surface area contributed by atoms with Crippen molar-refractivity contribution in [3.8, 4) is 17.2 Å². The molecule has 0 aliphatic heterocycles. The first-order valence-corrected chi connectivity index (χ1v) is 7.24. The van der Waals surface area contributed by atoms with Crippen molar-refractivity contribution in [1.29, 1.82) is 0 Å². The van der Waals surface area contributed by atoms with Gasteiger partial charge in [-0.05, 0) is 55.5 Å². The van der Waals surface area contributed by atoms with Crippen LogP contribution in [0.25, 0.3) is 0 Å². The van der Waals surface area contributed by atoms with E-state index in [1.807, 2.05) is 6.92 Å². The number of hydrogen-bond donors (Lipinski definition) is 1. The zero-order valence-electron chi connectivity index (χ0n) is 12.8. The Balaban J connectivity index is 1.76. The molecule has 0 aromatic heterocycles. The van der Waals surface area contributed by atoms with Crippen LogP contribution in [-0.2, 0) is 4.74 Å². The fourth-order valence-corrected chi connectivity index (χ4v) is 1.73. The van der Waals surface area contributed by atoms with Crippen molar-refractivity contribution in [2.75, 3.05) is 19.8 Å². The summed E-state index contributed by atoms with van der Waals surface area (Å²) in [5.41, 5.74) is 0. The van der Waals surface area contributed by atoms with Crippen LogP contribution in [0, 0.1) is 5.82 Å². The molecule has 0 fully saturated rings. The summed E-state index contributed by atoms with van der Waals surface area (Å²) < 4.78 is 28.7. The lowest BCUT2D eigenvalue weighted by Gasteiger charge is -2.09. The van der Waals surface area contributed by atoms with Crippen LogP contribution in [0.5, 0.6) is 17.2 Å².